The summed E-state index contributed by atoms with van der Waals surface area (Å²) < 4.78 is 0. The fraction of sp³-hybridized carbons (Fsp3) is 0.429. The second kappa shape index (κ2) is 10.7. The van der Waals surface area contributed by atoms with E-state index in [0.29, 0.717) is 5.96 Å². The molecule has 0 rings (SSSR count). The minimum atomic E-state index is -0.833. The lowest BCUT2D eigenvalue weighted by Gasteiger charge is -2.07. The summed E-state index contributed by atoms with van der Waals surface area (Å²) in [5.74, 6) is -0.361. The van der Waals surface area contributed by atoms with E-state index in [4.69, 9.17) is 15.6 Å². The number of rotatable bonds is 1. The maximum Gasteiger partial charge on any atom is 0.300 e. The Morgan fingerprint density at radius 1 is 1.62 bits per heavy atom. The van der Waals surface area contributed by atoms with Gasteiger partial charge in [-0.3, -0.25) is 4.79 Å². The molecule has 0 aliphatic heterocycles. The van der Waals surface area contributed by atoms with Crippen molar-refractivity contribution in [1.82, 2.24) is 4.90 Å². The minimum absolute atomic E-state index is 0. The van der Waals surface area contributed by atoms with Gasteiger partial charge in [-0.2, -0.15) is 0 Å². The Hall–Kier alpha value is -1.30. The van der Waals surface area contributed by atoms with Gasteiger partial charge in [0.2, 0.25) is 0 Å². The smallest absolute Gasteiger partial charge is 0.300 e. The third-order valence-corrected chi connectivity index (χ3v) is 0.682. The van der Waals surface area contributed by atoms with Crippen molar-refractivity contribution in [3.8, 4) is 0 Å². The minimum Gasteiger partial charge on any atom is -0.481 e. The Kier molecular flexibility index (Phi) is 14.6. The average molecular weight is 205 g/mol. The van der Waals surface area contributed by atoms with Gasteiger partial charge < -0.3 is 15.7 Å². The predicted octanol–water partition coefficient (Wildman–Crippen LogP) is -1.35. The van der Waals surface area contributed by atoms with Gasteiger partial charge in [-0.25, -0.2) is 4.99 Å². The Bertz CT molecular complexity index is 177. The van der Waals surface area contributed by atoms with E-state index in [1.54, 1.807) is 4.90 Å². The first-order valence-corrected chi connectivity index (χ1v) is 3.22. The molecule has 78 valence electrons. The highest BCUT2D eigenvalue weighted by atomic mass is 28.1. The van der Waals surface area contributed by atoms with E-state index in [2.05, 4.69) is 11.6 Å². The number of carbonyl (C=O) groups is 1. The summed E-state index contributed by atoms with van der Waals surface area (Å²) in [5, 5.41) is 7.42. The Balaban J connectivity index is -0.000000173. The summed E-state index contributed by atoms with van der Waals surface area (Å²) in [6.07, 6.45) is 1.41. The van der Waals surface area contributed by atoms with Crippen molar-refractivity contribution in [2.45, 2.75) is 6.92 Å². The van der Waals surface area contributed by atoms with E-state index < -0.39 is 5.97 Å². The monoisotopic (exact) mass is 205 g/mol. The van der Waals surface area contributed by atoms with Crippen LogP contribution in [-0.4, -0.2) is 47.0 Å². The van der Waals surface area contributed by atoms with Gasteiger partial charge >= 0.3 is 0 Å². The molecule has 0 bridgehead atoms. The molecule has 0 radical (unpaired) electrons. The largest absolute Gasteiger partial charge is 0.481 e. The van der Waals surface area contributed by atoms with Gasteiger partial charge in [-0.05, 0) is 11.0 Å². The van der Waals surface area contributed by atoms with Crippen LogP contribution < -0.4 is 5.73 Å². The fourth-order valence-electron chi connectivity index (χ4n) is 0.209. The highest BCUT2D eigenvalue weighted by Gasteiger charge is 1.87. The summed E-state index contributed by atoms with van der Waals surface area (Å²) >= 11 is 0. The third-order valence-electron chi connectivity index (χ3n) is 0.682. The van der Waals surface area contributed by atoms with Crippen molar-refractivity contribution in [2.24, 2.45) is 10.7 Å². The first-order valence-electron chi connectivity index (χ1n) is 3.22. The van der Waals surface area contributed by atoms with Crippen molar-refractivity contribution >= 4 is 22.9 Å². The molecule has 0 saturated carbocycles. The fourth-order valence-corrected chi connectivity index (χ4v) is 0.209. The number of carboxylic acids is 1. The average Bonchev–Trinajstić information content (AvgIpc) is 1.86. The van der Waals surface area contributed by atoms with Crippen LogP contribution in [0.4, 0.5) is 0 Å². The molecule has 0 unspecified atom stereocenters. The van der Waals surface area contributed by atoms with Crippen LogP contribution >= 0.6 is 0 Å². The van der Waals surface area contributed by atoms with Crippen LogP contribution in [0.1, 0.15) is 6.92 Å². The van der Waals surface area contributed by atoms with Crippen molar-refractivity contribution in [3.63, 3.8) is 0 Å². The number of hydrogen-bond donors (Lipinski definition) is 2. The van der Waals surface area contributed by atoms with Gasteiger partial charge in [0.25, 0.3) is 5.97 Å². The van der Waals surface area contributed by atoms with E-state index in [9.17, 15) is 0 Å². The quantitative estimate of drug-likeness (QED) is 0.315. The molecule has 13 heavy (non-hydrogen) atoms. The van der Waals surface area contributed by atoms with Crippen molar-refractivity contribution < 1.29 is 9.90 Å². The molecule has 0 fully saturated rings. The van der Waals surface area contributed by atoms with Gasteiger partial charge in [-0.15, -0.1) is 0 Å². The maximum atomic E-state index is 9.00. The molecular weight excluding hydrogens is 186 g/mol. The van der Waals surface area contributed by atoms with Gasteiger partial charge in [0, 0.05) is 27.2 Å². The highest BCUT2D eigenvalue weighted by Crippen LogP contribution is 1.74. The van der Waals surface area contributed by atoms with Crippen LogP contribution in [0.25, 0.3) is 0 Å². The van der Waals surface area contributed by atoms with Gasteiger partial charge in [0.15, 0.2) is 5.96 Å². The lowest BCUT2D eigenvalue weighted by atomic mass is 10.8. The van der Waals surface area contributed by atoms with Crippen LogP contribution in [0.15, 0.2) is 17.8 Å². The second-order valence-corrected chi connectivity index (χ2v) is 2.08. The maximum absolute atomic E-state index is 9.00. The zero-order valence-electron chi connectivity index (χ0n) is 7.61. The normalized spacial score (nSPS) is 8.69. The Labute approximate surface area is 83.0 Å². The number of carboxylic acid groups (broad SMARTS) is 1. The van der Waals surface area contributed by atoms with E-state index in [-0.39, 0.29) is 11.0 Å². The number of aliphatic carboxylic acids is 1. The van der Waals surface area contributed by atoms with Crippen LogP contribution in [0.3, 0.4) is 0 Å². The van der Waals surface area contributed by atoms with Crippen LogP contribution in [0.2, 0.25) is 0 Å². The van der Waals surface area contributed by atoms with Crippen molar-refractivity contribution in [2.75, 3.05) is 14.1 Å². The lowest BCUT2D eigenvalue weighted by Crippen LogP contribution is -2.29. The Morgan fingerprint density at radius 3 is 2.00 bits per heavy atom. The Morgan fingerprint density at radius 2 is 1.92 bits per heavy atom. The van der Waals surface area contributed by atoms with Gasteiger partial charge in [-0.1, -0.05) is 6.58 Å². The SMILES string of the molecule is C=CN=C(N)N(C)C.CC(=O)O.[SiH4]. The van der Waals surface area contributed by atoms with E-state index >= 15 is 0 Å². The zero-order chi connectivity index (χ0) is 10.1. The van der Waals surface area contributed by atoms with E-state index in [1.807, 2.05) is 14.1 Å². The molecule has 0 aromatic rings. The molecule has 0 aliphatic rings. The first-order chi connectivity index (χ1) is 5.41. The summed E-state index contributed by atoms with van der Waals surface area (Å²) in [5.41, 5.74) is 5.33. The molecule has 0 heterocycles. The first kappa shape index (κ1) is 17.7. The second-order valence-electron chi connectivity index (χ2n) is 2.08. The topological polar surface area (TPSA) is 78.9 Å². The summed E-state index contributed by atoms with van der Waals surface area (Å²) in [7, 11) is 3.64. The molecule has 5 nitrogen and oxygen atoms in total. The molecule has 0 saturated heterocycles. The summed E-state index contributed by atoms with van der Waals surface area (Å²) in [6.45, 7) is 4.47. The number of nitrogens with zero attached hydrogens (tertiary/aromatic N) is 2. The lowest BCUT2D eigenvalue weighted by molar-refractivity contribution is -0.134. The number of guanidine groups is 1. The molecule has 0 aromatic carbocycles. The number of aliphatic imine (C=N–C) groups is 1. The summed E-state index contributed by atoms with van der Waals surface area (Å²) in [6, 6.07) is 0. The number of nitrogens with two attached hydrogens (primary N) is 1. The van der Waals surface area contributed by atoms with Crippen LogP contribution in [0.5, 0.6) is 0 Å². The predicted molar refractivity (Wildman–Crippen MR) is 60.2 cm³/mol. The van der Waals surface area contributed by atoms with E-state index in [1.165, 1.54) is 6.20 Å². The molecule has 0 atom stereocenters. The highest BCUT2D eigenvalue weighted by molar-refractivity contribution is 5.77. The van der Waals surface area contributed by atoms with Gasteiger partial charge in [0.05, 0.1) is 0 Å². The number of hydrogen-bond acceptors (Lipinski definition) is 2. The van der Waals surface area contributed by atoms with Crippen LogP contribution in [0, 0.1) is 0 Å². The summed E-state index contributed by atoms with van der Waals surface area (Å²) in [4.78, 5) is 14.4. The molecule has 0 aromatic heterocycles. The third kappa shape index (κ3) is 24.9. The van der Waals surface area contributed by atoms with Crippen LogP contribution in [-0.2, 0) is 4.79 Å². The molecule has 0 amide bonds. The van der Waals surface area contributed by atoms with Gasteiger partial charge in [0.1, 0.15) is 0 Å². The van der Waals surface area contributed by atoms with Crippen molar-refractivity contribution in [1.29, 1.82) is 0 Å². The molecule has 0 spiro atoms. The molecule has 3 N–H and O–H groups in total. The van der Waals surface area contributed by atoms with Crippen molar-refractivity contribution in [3.05, 3.63) is 12.8 Å². The molecule has 6 heteroatoms. The van der Waals surface area contributed by atoms with E-state index in [0.717, 1.165) is 6.92 Å². The molecule has 0 aliphatic carbocycles. The zero-order valence-corrected chi connectivity index (χ0v) is 7.61. The molecular formula is C7H19N3O2Si. The standard InChI is InChI=1S/C5H11N3.C2H4O2.H4Si/c1-4-7-5(6)8(2)3;1-2(3)4;/h4H,1H2,2-3H3,(H2,6,7);1H3,(H,3,4);1H4.